The molecule has 1 rings (SSSR count). The highest BCUT2D eigenvalue weighted by Gasteiger charge is 2.15. The third kappa shape index (κ3) is 2.83. The normalized spacial score (nSPS) is 11.5. The largest absolute Gasteiger partial charge is 0.398 e. The van der Waals surface area contributed by atoms with Gasteiger partial charge in [0.25, 0.3) is 0 Å². The zero-order chi connectivity index (χ0) is 10.8. The lowest BCUT2D eigenvalue weighted by Crippen LogP contribution is -2.24. The van der Waals surface area contributed by atoms with Crippen molar-refractivity contribution in [3.05, 3.63) is 23.6 Å². The number of anilines is 1. The van der Waals surface area contributed by atoms with Crippen LogP contribution in [0.15, 0.2) is 27.8 Å². The lowest BCUT2D eigenvalue weighted by Gasteiger charge is -2.03. The van der Waals surface area contributed by atoms with Crippen molar-refractivity contribution in [3.63, 3.8) is 0 Å². The van der Waals surface area contributed by atoms with Gasteiger partial charge in [0, 0.05) is 17.6 Å². The number of sulfonamides is 1. The molecule has 0 aliphatic heterocycles. The topological polar surface area (TPSA) is 72.2 Å². The first-order valence-corrected chi connectivity index (χ1v) is 6.26. The molecule has 0 saturated heterocycles. The van der Waals surface area contributed by atoms with Gasteiger partial charge in [-0.2, -0.15) is 0 Å². The Kier molecular flexibility index (Phi) is 3.30. The summed E-state index contributed by atoms with van der Waals surface area (Å²) in [5.41, 5.74) is 6.66. The second-order valence-corrected chi connectivity index (χ2v) is 5.89. The lowest BCUT2D eigenvalue weighted by atomic mass is 10.4. The molecular formula is C8H12N2O2S2. The number of thiophene rings is 1. The van der Waals surface area contributed by atoms with Gasteiger partial charge in [-0.3, -0.25) is 0 Å². The molecule has 0 atom stereocenters. The number of nitrogen functional groups attached to an aromatic ring is 1. The molecule has 0 aliphatic carbocycles. The maximum atomic E-state index is 11.6. The van der Waals surface area contributed by atoms with Crippen LogP contribution in [0.1, 0.15) is 6.92 Å². The van der Waals surface area contributed by atoms with E-state index in [1.54, 1.807) is 12.3 Å². The highest BCUT2D eigenvalue weighted by atomic mass is 32.2. The van der Waals surface area contributed by atoms with Crippen LogP contribution in [0.4, 0.5) is 5.69 Å². The molecule has 6 heteroatoms. The third-order valence-electron chi connectivity index (χ3n) is 1.42. The summed E-state index contributed by atoms with van der Waals surface area (Å²) >= 11 is 1.10. The monoisotopic (exact) mass is 232 g/mol. The van der Waals surface area contributed by atoms with Crippen molar-refractivity contribution in [2.24, 2.45) is 0 Å². The van der Waals surface area contributed by atoms with E-state index in [-0.39, 0.29) is 10.8 Å². The van der Waals surface area contributed by atoms with Crippen LogP contribution in [0, 0.1) is 0 Å². The minimum atomic E-state index is -3.41. The van der Waals surface area contributed by atoms with Crippen LogP contribution in [0.2, 0.25) is 0 Å². The van der Waals surface area contributed by atoms with E-state index in [9.17, 15) is 8.42 Å². The molecule has 0 bridgehead atoms. The van der Waals surface area contributed by atoms with Crippen molar-refractivity contribution in [2.45, 2.75) is 11.1 Å². The zero-order valence-corrected chi connectivity index (χ0v) is 9.41. The Labute approximate surface area is 87.5 Å². The predicted octanol–water partition coefficient (Wildman–Crippen LogP) is 1.18. The second-order valence-electron chi connectivity index (χ2n) is 2.98. The number of nitrogens with one attached hydrogen (secondary N) is 1. The van der Waals surface area contributed by atoms with Gasteiger partial charge in [0.1, 0.15) is 4.21 Å². The summed E-state index contributed by atoms with van der Waals surface area (Å²) in [5, 5.41) is 1.59. The Balaban J connectivity index is 2.81. The first-order chi connectivity index (χ1) is 6.42. The van der Waals surface area contributed by atoms with Crippen LogP contribution in [0.25, 0.3) is 0 Å². The fourth-order valence-corrected chi connectivity index (χ4v) is 2.98. The molecule has 0 amide bonds. The summed E-state index contributed by atoms with van der Waals surface area (Å²) in [6.07, 6.45) is 0. The first-order valence-electron chi connectivity index (χ1n) is 3.90. The van der Waals surface area contributed by atoms with Gasteiger partial charge in [-0.15, -0.1) is 11.3 Å². The lowest BCUT2D eigenvalue weighted by molar-refractivity contribution is 0.587. The van der Waals surface area contributed by atoms with E-state index in [0.717, 1.165) is 16.9 Å². The Morgan fingerprint density at radius 1 is 1.71 bits per heavy atom. The van der Waals surface area contributed by atoms with Gasteiger partial charge in [0.15, 0.2) is 0 Å². The standard InChI is InChI=1S/C8H12N2O2S2/c1-6(2)4-10-14(11,12)8-3-7(9)5-13-8/h3,5,10H,1,4,9H2,2H3. The van der Waals surface area contributed by atoms with Crippen molar-refractivity contribution in [1.29, 1.82) is 0 Å². The van der Waals surface area contributed by atoms with E-state index in [2.05, 4.69) is 11.3 Å². The van der Waals surface area contributed by atoms with Crippen LogP contribution in [0.5, 0.6) is 0 Å². The molecule has 0 radical (unpaired) electrons. The van der Waals surface area contributed by atoms with E-state index in [1.807, 2.05) is 0 Å². The molecule has 0 spiro atoms. The Bertz CT molecular complexity index is 434. The van der Waals surface area contributed by atoms with Crippen LogP contribution < -0.4 is 10.5 Å². The Morgan fingerprint density at radius 2 is 2.36 bits per heavy atom. The van der Waals surface area contributed by atoms with Crippen LogP contribution in [-0.4, -0.2) is 15.0 Å². The molecule has 14 heavy (non-hydrogen) atoms. The smallest absolute Gasteiger partial charge is 0.250 e. The second kappa shape index (κ2) is 4.12. The van der Waals surface area contributed by atoms with Gasteiger partial charge in [-0.1, -0.05) is 12.2 Å². The summed E-state index contributed by atoms with van der Waals surface area (Å²) in [5.74, 6) is 0. The third-order valence-corrected chi connectivity index (χ3v) is 4.28. The van der Waals surface area contributed by atoms with Crippen LogP contribution >= 0.6 is 11.3 Å². The van der Waals surface area contributed by atoms with E-state index < -0.39 is 10.0 Å². The zero-order valence-electron chi connectivity index (χ0n) is 7.78. The van der Waals surface area contributed by atoms with Crippen molar-refractivity contribution in [2.75, 3.05) is 12.3 Å². The molecule has 0 unspecified atom stereocenters. The summed E-state index contributed by atoms with van der Waals surface area (Å²) in [6, 6.07) is 1.44. The molecule has 1 aromatic rings. The Hall–Kier alpha value is -0.850. The minimum Gasteiger partial charge on any atom is -0.398 e. The Morgan fingerprint density at radius 3 is 2.79 bits per heavy atom. The SMILES string of the molecule is C=C(C)CNS(=O)(=O)c1cc(N)cs1. The fourth-order valence-electron chi connectivity index (χ4n) is 0.760. The van der Waals surface area contributed by atoms with Crippen molar-refractivity contribution in [1.82, 2.24) is 4.72 Å². The van der Waals surface area contributed by atoms with E-state index in [1.165, 1.54) is 6.07 Å². The minimum absolute atomic E-state index is 0.233. The molecule has 4 nitrogen and oxygen atoms in total. The molecule has 0 fully saturated rings. The number of rotatable bonds is 4. The quantitative estimate of drug-likeness (QED) is 0.766. The van der Waals surface area contributed by atoms with Crippen LogP contribution in [-0.2, 0) is 10.0 Å². The van der Waals surface area contributed by atoms with Gasteiger partial charge in [-0.25, -0.2) is 13.1 Å². The van der Waals surface area contributed by atoms with E-state index in [4.69, 9.17) is 5.73 Å². The van der Waals surface area contributed by atoms with Gasteiger partial charge in [0.05, 0.1) is 0 Å². The fraction of sp³-hybridized carbons (Fsp3) is 0.250. The number of hydrogen-bond acceptors (Lipinski definition) is 4. The van der Waals surface area contributed by atoms with Gasteiger partial charge >= 0.3 is 0 Å². The first kappa shape index (κ1) is 11.2. The molecule has 3 N–H and O–H groups in total. The predicted molar refractivity (Wildman–Crippen MR) is 58.7 cm³/mol. The summed E-state index contributed by atoms with van der Waals surface area (Å²) in [6.45, 7) is 5.61. The van der Waals surface area contributed by atoms with Crippen molar-refractivity contribution in [3.8, 4) is 0 Å². The summed E-state index contributed by atoms with van der Waals surface area (Å²) in [4.78, 5) is 0. The number of hydrogen-bond donors (Lipinski definition) is 2. The molecule has 0 saturated carbocycles. The molecule has 0 aromatic carbocycles. The highest BCUT2D eigenvalue weighted by Crippen LogP contribution is 2.21. The molecular weight excluding hydrogens is 220 g/mol. The molecule has 1 heterocycles. The van der Waals surface area contributed by atoms with Crippen molar-refractivity contribution >= 4 is 27.0 Å². The highest BCUT2D eigenvalue weighted by molar-refractivity contribution is 7.91. The van der Waals surface area contributed by atoms with Gasteiger partial charge in [0.2, 0.25) is 10.0 Å². The average molecular weight is 232 g/mol. The maximum Gasteiger partial charge on any atom is 0.250 e. The van der Waals surface area contributed by atoms with Gasteiger partial charge in [-0.05, 0) is 13.0 Å². The molecule has 0 aliphatic rings. The van der Waals surface area contributed by atoms with E-state index >= 15 is 0 Å². The molecule has 78 valence electrons. The summed E-state index contributed by atoms with van der Waals surface area (Å²) < 4.78 is 25.8. The van der Waals surface area contributed by atoms with E-state index in [0.29, 0.717) is 5.69 Å². The van der Waals surface area contributed by atoms with Crippen molar-refractivity contribution < 1.29 is 8.42 Å². The summed E-state index contributed by atoms with van der Waals surface area (Å²) in [7, 11) is -3.41. The van der Waals surface area contributed by atoms with Gasteiger partial charge < -0.3 is 5.73 Å². The van der Waals surface area contributed by atoms with Crippen LogP contribution in [0.3, 0.4) is 0 Å². The molecule has 1 aromatic heterocycles. The average Bonchev–Trinajstić information content (AvgIpc) is 2.49. The maximum absolute atomic E-state index is 11.6. The number of nitrogens with two attached hydrogens (primary N) is 1.